The van der Waals surface area contributed by atoms with Gasteiger partial charge in [-0.15, -0.1) is 5.10 Å². The Balaban J connectivity index is 1.61. The van der Waals surface area contributed by atoms with E-state index >= 15 is 0 Å². The molecule has 0 aliphatic heterocycles. The van der Waals surface area contributed by atoms with Gasteiger partial charge in [0.25, 0.3) is 0 Å². The summed E-state index contributed by atoms with van der Waals surface area (Å²) >= 11 is 0. The standard InChI is InChI=1S/C19H20FN5/c1-13-3-4-14(2)17(11-13)23-19-24-18(12-22-25-19)21-10-9-15-5-7-16(20)8-6-15/h3-8,11-12H,9-10H2,1-2H3,(H2,21,23,24,25). The van der Waals surface area contributed by atoms with Gasteiger partial charge >= 0.3 is 0 Å². The van der Waals surface area contributed by atoms with Crippen LogP contribution < -0.4 is 10.6 Å². The van der Waals surface area contributed by atoms with E-state index in [1.165, 1.54) is 12.1 Å². The summed E-state index contributed by atoms with van der Waals surface area (Å²) in [6, 6.07) is 12.7. The van der Waals surface area contributed by atoms with Crippen LogP contribution in [0.1, 0.15) is 16.7 Å². The van der Waals surface area contributed by atoms with Crippen molar-refractivity contribution in [1.82, 2.24) is 15.2 Å². The van der Waals surface area contributed by atoms with Crippen molar-refractivity contribution in [3.63, 3.8) is 0 Å². The van der Waals surface area contributed by atoms with Crippen LogP contribution in [0.5, 0.6) is 0 Å². The normalized spacial score (nSPS) is 10.5. The topological polar surface area (TPSA) is 62.7 Å². The zero-order valence-electron chi connectivity index (χ0n) is 14.3. The largest absolute Gasteiger partial charge is 0.368 e. The fourth-order valence-corrected chi connectivity index (χ4v) is 2.42. The number of rotatable bonds is 6. The molecule has 25 heavy (non-hydrogen) atoms. The van der Waals surface area contributed by atoms with Gasteiger partial charge in [0.05, 0.1) is 6.20 Å². The number of hydrogen-bond donors (Lipinski definition) is 2. The third-order valence-electron chi connectivity index (χ3n) is 3.83. The van der Waals surface area contributed by atoms with E-state index in [2.05, 4.69) is 37.9 Å². The van der Waals surface area contributed by atoms with Gasteiger partial charge in [-0.2, -0.15) is 10.1 Å². The molecule has 3 aromatic rings. The second kappa shape index (κ2) is 7.70. The first-order valence-corrected chi connectivity index (χ1v) is 8.12. The molecule has 5 nitrogen and oxygen atoms in total. The molecule has 0 spiro atoms. The van der Waals surface area contributed by atoms with Crippen LogP contribution in [0, 0.1) is 19.7 Å². The maximum atomic E-state index is 12.9. The van der Waals surface area contributed by atoms with Crippen LogP contribution in [0.25, 0.3) is 0 Å². The summed E-state index contributed by atoms with van der Waals surface area (Å²) in [5.41, 5.74) is 4.30. The molecular formula is C19H20FN5. The SMILES string of the molecule is Cc1ccc(C)c(Nc2nncc(NCCc3ccc(F)cc3)n2)c1. The Kier molecular flexibility index (Phi) is 5.18. The molecule has 6 heteroatoms. The lowest BCUT2D eigenvalue weighted by Gasteiger charge is -2.10. The Morgan fingerprint density at radius 3 is 2.64 bits per heavy atom. The van der Waals surface area contributed by atoms with Gasteiger partial charge in [-0.05, 0) is 55.2 Å². The molecule has 0 saturated carbocycles. The van der Waals surface area contributed by atoms with Crippen molar-refractivity contribution < 1.29 is 4.39 Å². The lowest BCUT2D eigenvalue weighted by atomic mass is 10.1. The van der Waals surface area contributed by atoms with E-state index in [1.807, 2.05) is 19.9 Å². The highest BCUT2D eigenvalue weighted by molar-refractivity contribution is 5.59. The predicted molar refractivity (Wildman–Crippen MR) is 97.6 cm³/mol. The molecule has 0 aliphatic rings. The first-order chi connectivity index (χ1) is 12.1. The second-order valence-electron chi connectivity index (χ2n) is 5.91. The first kappa shape index (κ1) is 16.8. The molecule has 0 radical (unpaired) electrons. The van der Waals surface area contributed by atoms with E-state index in [-0.39, 0.29) is 5.82 Å². The summed E-state index contributed by atoms with van der Waals surface area (Å²) in [4.78, 5) is 4.43. The van der Waals surface area contributed by atoms with E-state index < -0.39 is 0 Å². The van der Waals surface area contributed by atoms with Crippen LogP contribution in [0.4, 0.5) is 21.8 Å². The smallest absolute Gasteiger partial charge is 0.249 e. The van der Waals surface area contributed by atoms with Crippen molar-refractivity contribution in [1.29, 1.82) is 0 Å². The minimum absolute atomic E-state index is 0.223. The summed E-state index contributed by atoms with van der Waals surface area (Å²) in [5.74, 6) is 0.865. The van der Waals surface area contributed by atoms with Gasteiger partial charge < -0.3 is 10.6 Å². The number of halogens is 1. The summed E-state index contributed by atoms with van der Waals surface area (Å²) in [6.07, 6.45) is 2.35. The Morgan fingerprint density at radius 1 is 1.04 bits per heavy atom. The van der Waals surface area contributed by atoms with Crippen molar-refractivity contribution in [3.8, 4) is 0 Å². The minimum Gasteiger partial charge on any atom is -0.368 e. The summed E-state index contributed by atoms with van der Waals surface area (Å²) < 4.78 is 12.9. The van der Waals surface area contributed by atoms with Crippen LogP contribution in [0.3, 0.4) is 0 Å². The van der Waals surface area contributed by atoms with Gasteiger partial charge in [-0.3, -0.25) is 0 Å². The molecule has 1 aromatic heterocycles. The van der Waals surface area contributed by atoms with Gasteiger partial charge in [-0.1, -0.05) is 24.3 Å². The van der Waals surface area contributed by atoms with E-state index in [9.17, 15) is 4.39 Å². The molecule has 0 bridgehead atoms. The van der Waals surface area contributed by atoms with Crippen molar-refractivity contribution in [2.75, 3.05) is 17.2 Å². The molecule has 0 unspecified atom stereocenters. The van der Waals surface area contributed by atoms with Crippen LogP contribution in [0.2, 0.25) is 0 Å². The maximum absolute atomic E-state index is 12.9. The third-order valence-corrected chi connectivity index (χ3v) is 3.83. The lowest BCUT2D eigenvalue weighted by Crippen LogP contribution is -2.09. The quantitative estimate of drug-likeness (QED) is 0.711. The second-order valence-corrected chi connectivity index (χ2v) is 5.91. The number of hydrogen-bond acceptors (Lipinski definition) is 5. The van der Waals surface area contributed by atoms with E-state index in [1.54, 1.807) is 18.3 Å². The molecule has 2 aromatic carbocycles. The van der Waals surface area contributed by atoms with E-state index in [0.717, 1.165) is 28.8 Å². The highest BCUT2D eigenvalue weighted by atomic mass is 19.1. The molecule has 128 valence electrons. The van der Waals surface area contributed by atoms with Crippen molar-refractivity contribution in [2.45, 2.75) is 20.3 Å². The fraction of sp³-hybridized carbons (Fsp3) is 0.211. The summed E-state index contributed by atoms with van der Waals surface area (Å²) in [6.45, 7) is 4.74. The van der Waals surface area contributed by atoms with Gasteiger partial charge in [0.2, 0.25) is 5.95 Å². The van der Waals surface area contributed by atoms with Gasteiger partial charge in [0.15, 0.2) is 5.82 Å². The lowest BCUT2D eigenvalue weighted by molar-refractivity contribution is 0.627. The fourth-order valence-electron chi connectivity index (χ4n) is 2.42. The van der Waals surface area contributed by atoms with Gasteiger partial charge in [-0.25, -0.2) is 4.39 Å². The molecule has 0 aliphatic carbocycles. The molecule has 0 amide bonds. The average molecular weight is 337 g/mol. The molecule has 0 fully saturated rings. The number of anilines is 3. The molecule has 0 saturated heterocycles. The maximum Gasteiger partial charge on any atom is 0.249 e. The monoisotopic (exact) mass is 337 g/mol. The highest BCUT2D eigenvalue weighted by Gasteiger charge is 2.04. The molecule has 3 rings (SSSR count). The van der Waals surface area contributed by atoms with Crippen molar-refractivity contribution in [2.24, 2.45) is 0 Å². The molecule has 1 heterocycles. The molecular weight excluding hydrogens is 317 g/mol. The first-order valence-electron chi connectivity index (χ1n) is 8.12. The zero-order chi connectivity index (χ0) is 17.6. The average Bonchev–Trinajstić information content (AvgIpc) is 2.60. The van der Waals surface area contributed by atoms with Crippen LogP contribution in [-0.2, 0) is 6.42 Å². The van der Waals surface area contributed by atoms with Crippen LogP contribution >= 0.6 is 0 Å². The molecule has 2 N–H and O–H groups in total. The van der Waals surface area contributed by atoms with Gasteiger partial charge in [0.1, 0.15) is 5.82 Å². The number of aryl methyl sites for hydroxylation is 2. The highest BCUT2D eigenvalue weighted by Crippen LogP contribution is 2.19. The van der Waals surface area contributed by atoms with Crippen molar-refractivity contribution in [3.05, 3.63) is 71.2 Å². The zero-order valence-corrected chi connectivity index (χ0v) is 14.3. The minimum atomic E-state index is -0.223. The molecule has 0 atom stereocenters. The van der Waals surface area contributed by atoms with Gasteiger partial charge in [0, 0.05) is 12.2 Å². The predicted octanol–water partition coefficient (Wildman–Crippen LogP) is 4.03. The van der Waals surface area contributed by atoms with Crippen LogP contribution in [-0.4, -0.2) is 21.7 Å². The number of nitrogens with zero attached hydrogens (tertiary/aromatic N) is 3. The number of benzene rings is 2. The summed E-state index contributed by atoms with van der Waals surface area (Å²) in [5, 5.41) is 14.4. The third kappa shape index (κ3) is 4.73. The Bertz CT molecular complexity index is 849. The van der Waals surface area contributed by atoms with E-state index in [4.69, 9.17) is 0 Å². The Morgan fingerprint density at radius 2 is 1.84 bits per heavy atom. The Labute approximate surface area is 146 Å². The van der Waals surface area contributed by atoms with Crippen molar-refractivity contribution >= 4 is 17.5 Å². The number of aromatic nitrogens is 3. The number of nitrogens with one attached hydrogen (secondary N) is 2. The van der Waals surface area contributed by atoms with E-state index in [0.29, 0.717) is 18.3 Å². The van der Waals surface area contributed by atoms with Crippen LogP contribution in [0.15, 0.2) is 48.7 Å². The Hall–Kier alpha value is -3.02. The summed E-state index contributed by atoms with van der Waals surface area (Å²) in [7, 11) is 0.